The lowest BCUT2D eigenvalue weighted by Gasteiger charge is -2.15. The van der Waals surface area contributed by atoms with Crippen LogP contribution in [0.2, 0.25) is 0 Å². The molecular formula is C21H22F3N3O2. The van der Waals surface area contributed by atoms with Gasteiger partial charge in [0.25, 0.3) is 5.91 Å². The maximum absolute atomic E-state index is 12.8. The number of rotatable bonds is 5. The second-order valence-electron chi connectivity index (χ2n) is 7.05. The van der Waals surface area contributed by atoms with E-state index in [-0.39, 0.29) is 17.3 Å². The molecule has 1 amide bonds. The molecule has 0 saturated heterocycles. The van der Waals surface area contributed by atoms with E-state index in [4.69, 9.17) is 4.74 Å². The van der Waals surface area contributed by atoms with Crippen molar-refractivity contribution in [3.8, 4) is 5.75 Å². The Balaban J connectivity index is 1.77. The number of nitrogens with one attached hydrogen (secondary N) is 1. The summed E-state index contributed by atoms with van der Waals surface area (Å²) in [7, 11) is 3.55. The van der Waals surface area contributed by atoms with E-state index < -0.39 is 17.8 Å². The van der Waals surface area contributed by atoms with E-state index in [0.29, 0.717) is 6.42 Å². The number of amides is 1. The van der Waals surface area contributed by atoms with E-state index in [1.807, 2.05) is 42.9 Å². The zero-order valence-corrected chi connectivity index (χ0v) is 16.6. The third-order valence-corrected chi connectivity index (χ3v) is 4.80. The molecule has 0 radical (unpaired) electrons. The minimum absolute atomic E-state index is 0.0411. The molecule has 5 nitrogen and oxygen atoms in total. The highest BCUT2D eigenvalue weighted by molar-refractivity contribution is 5.95. The molecule has 0 bridgehead atoms. The van der Waals surface area contributed by atoms with E-state index in [2.05, 4.69) is 10.3 Å². The first-order valence-corrected chi connectivity index (χ1v) is 9.07. The van der Waals surface area contributed by atoms with Crippen LogP contribution in [0.3, 0.4) is 0 Å². The Morgan fingerprint density at radius 3 is 2.62 bits per heavy atom. The van der Waals surface area contributed by atoms with Gasteiger partial charge < -0.3 is 14.6 Å². The van der Waals surface area contributed by atoms with Crippen molar-refractivity contribution in [3.63, 3.8) is 0 Å². The molecule has 0 spiro atoms. The van der Waals surface area contributed by atoms with E-state index >= 15 is 0 Å². The van der Waals surface area contributed by atoms with Crippen LogP contribution in [0, 0.1) is 6.92 Å². The van der Waals surface area contributed by atoms with E-state index in [0.717, 1.165) is 34.3 Å². The van der Waals surface area contributed by atoms with Gasteiger partial charge in [-0.1, -0.05) is 0 Å². The number of methoxy groups -OCH3 is 1. The molecule has 0 aliphatic heterocycles. The smallest absolute Gasteiger partial charge is 0.433 e. The highest BCUT2D eigenvalue weighted by Gasteiger charge is 2.33. The van der Waals surface area contributed by atoms with Gasteiger partial charge in [0.05, 0.1) is 18.4 Å². The summed E-state index contributed by atoms with van der Waals surface area (Å²) < 4.78 is 45.6. The van der Waals surface area contributed by atoms with Crippen LogP contribution in [-0.4, -0.2) is 28.6 Å². The summed E-state index contributed by atoms with van der Waals surface area (Å²) in [5.41, 5.74) is 1.24. The number of alkyl halides is 3. The standard InChI is InChI=1S/C21H22F3N3O2/c1-12(9-14-11-27(3)18-7-5-15(29-4)10-17(14)18)25-20(28)16-6-8-19(21(22,23)24)26-13(16)2/h5-8,10-12H,9H2,1-4H3,(H,25,28)/t12-/m0/s1. The predicted octanol–water partition coefficient (Wildman–Crippen LogP) is 4.27. The molecule has 2 aromatic heterocycles. The van der Waals surface area contributed by atoms with Crippen LogP contribution in [0.1, 0.15) is 34.2 Å². The van der Waals surface area contributed by atoms with Crippen molar-refractivity contribution in [2.24, 2.45) is 7.05 Å². The summed E-state index contributed by atoms with van der Waals surface area (Å²) in [6.07, 6.45) is -1.98. The Bertz CT molecular complexity index is 1060. The average Bonchev–Trinajstić information content (AvgIpc) is 2.95. The number of aromatic nitrogens is 2. The fourth-order valence-corrected chi connectivity index (χ4v) is 3.38. The molecule has 2 heterocycles. The Morgan fingerprint density at radius 2 is 2.00 bits per heavy atom. The van der Waals surface area contributed by atoms with Crippen molar-refractivity contribution in [1.29, 1.82) is 0 Å². The number of hydrogen-bond donors (Lipinski definition) is 1. The van der Waals surface area contributed by atoms with E-state index in [1.54, 1.807) is 7.11 Å². The number of carbonyl (C=O) groups is 1. The van der Waals surface area contributed by atoms with E-state index in [1.165, 1.54) is 6.92 Å². The third kappa shape index (κ3) is 4.36. The number of fused-ring (bicyclic) bond motifs is 1. The summed E-state index contributed by atoms with van der Waals surface area (Å²) in [4.78, 5) is 16.1. The number of pyridine rings is 1. The van der Waals surface area contributed by atoms with Gasteiger partial charge in [0.15, 0.2) is 0 Å². The van der Waals surface area contributed by atoms with Gasteiger partial charge in [-0.25, -0.2) is 4.98 Å². The summed E-state index contributed by atoms with van der Waals surface area (Å²) in [6.45, 7) is 3.25. The van der Waals surface area contributed by atoms with Gasteiger partial charge in [0.2, 0.25) is 0 Å². The minimum Gasteiger partial charge on any atom is -0.497 e. The molecule has 0 aliphatic rings. The fraction of sp³-hybridized carbons (Fsp3) is 0.333. The molecule has 0 saturated carbocycles. The van der Waals surface area contributed by atoms with Gasteiger partial charge in [-0.3, -0.25) is 4.79 Å². The van der Waals surface area contributed by atoms with Gasteiger partial charge in [-0.2, -0.15) is 13.2 Å². The lowest BCUT2D eigenvalue weighted by atomic mass is 10.0. The molecule has 29 heavy (non-hydrogen) atoms. The lowest BCUT2D eigenvalue weighted by molar-refractivity contribution is -0.141. The van der Waals surface area contributed by atoms with Crippen LogP contribution in [0.4, 0.5) is 13.2 Å². The zero-order chi connectivity index (χ0) is 21.3. The van der Waals surface area contributed by atoms with Gasteiger partial charge in [0.1, 0.15) is 11.4 Å². The fourth-order valence-electron chi connectivity index (χ4n) is 3.38. The average molecular weight is 405 g/mol. The van der Waals surface area contributed by atoms with Crippen molar-refractivity contribution in [1.82, 2.24) is 14.9 Å². The molecular weight excluding hydrogens is 383 g/mol. The molecule has 1 aromatic carbocycles. The highest BCUT2D eigenvalue weighted by atomic mass is 19.4. The zero-order valence-electron chi connectivity index (χ0n) is 16.6. The monoisotopic (exact) mass is 405 g/mol. The molecule has 0 unspecified atom stereocenters. The summed E-state index contributed by atoms with van der Waals surface area (Å²) >= 11 is 0. The number of ether oxygens (including phenoxy) is 1. The van der Waals surface area contributed by atoms with Crippen LogP contribution < -0.4 is 10.1 Å². The summed E-state index contributed by atoms with van der Waals surface area (Å²) in [5.74, 6) is 0.294. The number of carbonyl (C=O) groups excluding carboxylic acids is 1. The van der Waals surface area contributed by atoms with Crippen LogP contribution >= 0.6 is 0 Å². The molecule has 8 heteroatoms. The van der Waals surface area contributed by atoms with Crippen LogP contribution in [0.5, 0.6) is 5.75 Å². The summed E-state index contributed by atoms with van der Waals surface area (Å²) in [6, 6.07) is 7.56. The van der Waals surface area contributed by atoms with Crippen molar-refractivity contribution >= 4 is 16.8 Å². The number of halogens is 3. The third-order valence-electron chi connectivity index (χ3n) is 4.80. The Hall–Kier alpha value is -3.03. The first-order valence-electron chi connectivity index (χ1n) is 9.07. The van der Waals surface area contributed by atoms with E-state index in [9.17, 15) is 18.0 Å². The number of aryl methyl sites for hydroxylation is 2. The number of benzene rings is 1. The topological polar surface area (TPSA) is 56.1 Å². The molecule has 0 aliphatic carbocycles. The Morgan fingerprint density at radius 1 is 1.28 bits per heavy atom. The minimum atomic E-state index is -4.54. The molecule has 3 aromatic rings. The van der Waals surface area contributed by atoms with Gasteiger partial charge in [-0.05, 0) is 56.2 Å². The van der Waals surface area contributed by atoms with Crippen molar-refractivity contribution in [2.45, 2.75) is 32.5 Å². The van der Waals surface area contributed by atoms with Crippen LogP contribution in [-0.2, 0) is 19.6 Å². The van der Waals surface area contributed by atoms with Gasteiger partial charge in [0, 0.05) is 30.2 Å². The van der Waals surface area contributed by atoms with Gasteiger partial charge >= 0.3 is 6.18 Å². The second-order valence-corrected chi connectivity index (χ2v) is 7.05. The van der Waals surface area contributed by atoms with Crippen LogP contribution in [0.15, 0.2) is 36.5 Å². The summed E-state index contributed by atoms with van der Waals surface area (Å²) in [5, 5.41) is 3.87. The van der Waals surface area contributed by atoms with Crippen LogP contribution in [0.25, 0.3) is 10.9 Å². The molecule has 3 rings (SSSR count). The van der Waals surface area contributed by atoms with Crippen molar-refractivity contribution in [2.75, 3.05) is 7.11 Å². The lowest BCUT2D eigenvalue weighted by Crippen LogP contribution is -2.34. The van der Waals surface area contributed by atoms with Gasteiger partial charge in [-0.15, -0.1) is 0 Å². The Kier molecular flexibility index (Phi) is 5.55. The number of hydrogen-bond acceptors (Lipinski definition) is 3. The van der Waals surface area contributed by atoms with Crippen molar-refractivity contribution < 1.29 is 22.7 Å². The molecule has 1 atom stereocenters. The quantitative estimate of drug-likeness (QED) is 0.690. The maximum Gasteiger partial charge on any atom is 0.433 e. The predicted molar refractivity (Wildman–Crippen MR) is 104 cm³/mol. The first-order chi connectivity index (χ1) is 13.6. The second kappa shape index (κ2) is 7.77. The highest BCUT2D eigenvalue weighted by Crippen LogP contribution is 2.28. The first kappa shape index (κ1) is 20.7. The molecule has 1 N–H and O–H groups in total. The number of nitrogens with zero attached hydrogens (tertiary/aromatic N) is 2. The largest absolute Gasteiger partial charge is 0.497 e. The van der Waals surface area contributed by atoms with Crippen molar-refractivity contribution in [3.05, 3.63) is 59.0 Å². The Labute approximate surface area is 166 Å². The normalized spacial score (nSPS) is 12.8. The SMILES string of the molecule is COc1ccc2c(c1)c(C[C@H](C)NC(=O)c1ccc(C(F)(F)F)nc1C)cn2C. The molecule has 154 valence electrons. The molecule has 0 fully saturated rings. The maximum atomic E-state index is 12.8.